The summed E-state index contributed by atoms with van der Waals surface area (Å²) < 4.78 is 15.3. The van der Waals surface area contributed by atoms with Crippen molar-refractivity contribution in [1.29, 1.82) is 0 Å². The maximum atomic E-state index is 13.4. The lowest BCUT2D eigenvalue weighted by Gasteiger charge is -2.34. The highest BCUT2D eigenvalue weighted by molar-refractivity contribution is 5.81. The number of aromatic amines is 1. The molecular formula is C22H23FN6. The summed E-state index contributed by atoms with van der Waals surface area (Å²) in [6.07, 6.45) is 1.89. The number of fused-ring (bicyclic) bond motifs is 1. The highest BCUT2D eigenvalue weighted by Gasteiger charge is 2.18. The average molecular weight is 390 g/mol. The molecule has 5 rings (SSSR count). The average Bonchev–Trinajstić information content (AvgIpc) is 3.36. The van der Waals surface area contributed by atoms with Crippen molar-refractivity contribution >= 4 is 10.9 Å². The van der Waals surface area contributed by atoms with Crippen molar-refractivity contribution in [3.63, 3.8) is 0 Å². The molecule has 6 nitrogen and oxygen atoms in total. The van der Waals surface area contributed by atoms with Crippen molar-refractivity contribution in [1.82, 2.24) is 29.5 Å². The molecule has 1 N–H and O–H groups in total. The van der Waals surface area contributed by atoms with Gasteiger partial charge in [-0.15, -0.1) is 10.2 Å². The molecule has 4 aromatic rings. The van der Waals surface area contributed by atoms with Crippen molar-refractivity contribution in [2.45, 2.75) is 13.1 Å². The Balaban J connectivity index is 1.21. The van der Waals surface area contributed by atoms with E-state index in [2.05, 4.69) is 55.3 Å². The Morgan fingerprint density at radius 3 is 2.41 bits per heavy atom. The molecule has 0 atom stereocenters. The molecule has 2 aromatic carbocycles. The van der Waals surface area contributed by atoms with Crippen LogP contribution in [0.1, 0.15) is 11.4 Å². The summed E-state index contributed by atoms with van der Waals surface area (Å²) in [4.78, 5) is 8.20. The normalized spacial score (nSPS) is 15.9. The predicted octanol–water partition coefficient (Wildman–Crippen LogP) is 3.21. The molecule has 1 saturated heterocycles. The van der Waals surface area contributed by atoms with Gasteiger partial charge in [-0.25, -0.2) is 4.39 Å². The molecule has 0 bridgehead atoms. The van der Waals surface area contributed by atoms with E-state index in [1.807, 2.05) is 16.8 Å². The second-order valence-corrected chi connectivity index (χ2v) is 7.52. The van der Waals surface area contributed by atoms with Gasteiger partial charge in [0.15, 0.2) is 0 Å². The zero-order valence-electron chi connectivity index (χ0n) is 16.1. The monoisotopic (exact) mass is 390 g/mol. The number of nitrogens with one attached hydrogen (secondary N) is 1. The molecule has 7 heteroatoms. The van der Waals surface area contributed by atoms with Crippen LogP contribution in [-0.4, -0.2) is 55.7 Å². The van der Waals surface area contributed by atoms with Crippen molar-refractivity contribution in [3.8, 4) is 5.95 Å². The van der Waals surface area contributed by atoms with E-state index in [4.69, 9.17) is 0 Å². The fraction of sp³-hybridized carbons (Fsp3) is 0.273. The highest BCUT2D eigenvalue weighted by atomic mass is 19.1. The summed E-state index contributed by atoms with van der Waals surface area (Å²) in [5.74, 6) is 1.27. The van der Waals surface area contributed by atoms with Gasteiger partial charge in [-0.05, 0) is 29.8 Å². The molecule has 0 unspecified atom stereocenters. The molecule has 0 amide bonds. The van der Waals surface area contributed by atoms with Gasteiger partial charge < -0.3 is 4.98 Å². The van der Waals surface area contributed by atoms with E-state index in [-0.39, 0.29) is 5.82 Å². The smallest absolute Gasteiger partial charge is 0.233 e. The van der Waals surface area contributed by atoms with E-state index in [1.54, 1.807) is 6.07 Å². The number of hydrogen-bond donors (Lipinski definition) is 1. The summed E-state index contributed by atoms with van der Waals surface area (Å²) in [7, 11) is 0. The molecule has 1 aliphatic rings. The lowest BCUT2D eigenvalue weighted by Crippen LogP contribution is -2.45. The first-order chi connectivity index (χ1) is 14.2. The lowest BCUT2D eigenvalue weighted by molar-refractivity contribution is 0.120. The number of nitrogens with zero attached hydrogens (tertiary/aromatic N) is 5. The van der Waals surface area contributed by atoms with Gasteiger partial charge in [0.1, 0.15) is 11.6 Å². The van der Waals surface area contributed by atoms with Gasteiger partial charge in [0.2, 0.25) is 5.95 Å². The Morgan fingerprint density at radius 2 is 1.62 bits per heavy atom. The van der Waals surface area contributed by atoms with Crippen molar-refractivity contribution in [3.05, 3.63) is 78.0 Å². The Kier molecular flexibility index (Phi) is 4.83. The van der Waals surface area contributed by atoms with Crippen LogP contribution in [-0.2, 0) is 13.1 Å². The zero-order valence-corrected chi connectivity index (χ0v) is 16.1. The Labute approximate surface area is 168 Å². The van der Waals surface area contributed by atoms with Crippen LogP contribution >= 0.6 is 0 Å². The number of hydrogen-bond acceptors (Lipinski definition) is 4. The quantitative estimate of drug-likeness (QED) is 0.569. The van der Waals surface area contributed by atoms with Crippen molar-refractivity contribution in [2.75, 3.05) is 26.2 Å². The third-order valence-electron chi connectivity index (χ3n) is 5.49. The van der Waals surface area contributed by atoms with Crippen LogP contribution in [0.3, 0.4) is 0 Å². The fourth-order valence-corrected chi connectivity index (χ4v) is 3.92. The number of H-pyrrole nitrogens is 1. The van der Waals surface area contributed by atoms with Crippen LogP contribution in [0.4, 0.5) is 4.39 Å². The molecule has 0 radical (unpaired) electrons. The summed E-state index contributed by atoms with van der Waals surface area (Å²) in [5.41, 5.74) is 2.27. The number of benzene rings is 2. The SMILES string of the molecule is Fc1ccc2c(ccn2-c2nnc(CN3CCN(Cc4ccccc4)CC3)[nH]2)c1. The first-order valence-electron chi connectivity index (χ1n) is 9.92. The molecule has 0 aliphatic carbocycles. The van der Waals surface area contributed by atoms with Crippen LogP contribution in [0.5, 0.6) is 0 Å². The molecule has 3 heterocycles. The van der Waals surface area contributed by atoms with Gasteiger partial charge in [-0.1, -0.05) is 30.3 Å². The van der Waals surface area contributed by atoms with Gasteiger partial charge in [0.05, 0.1) is 12.1 Å². The van der Waals surface area contributed by atoms with E-state index in [0.717, 1.165) is 56.0 Å². The third-order valence-corrected chi connectivity index (χ3v) is 5.49. The van der Waals surface area contributed by atoms with Crippen LogP contribution in [0.15, 0.2) is 60.8 Å². The van der Waals surface area contributed by atoms with Crippen molar-refractivity contribution < 1.29 is 4.39 Å². The van der Waals surface area contributed by atoms with Crippen LogP contribution in [0.25, 0.3) is 16.9 Å². The Bertz CT molecular complexity index is 1090. The standard InChI is InChI=1S/C22H23FN6/c23-19-6-7-20-18(14-19)8-9-29(20)22-24-21(25-26-22)16-28-12-10-27(11-13-28)15-17-4-2-1-3-5-17/h1-9,14H,10-13,15-16H2,(H,24,25,26). The molecule has 0 spiro atoms. The molecule has 29 heavy (non-hydrogen) atoms. The van der Waals surface area contributed by atoms with Gasteiger partial charge in [-0.3, -0.25) is 14.4 Å². The molecule has 2 aromatic heterocycles. The molecular weight excluding hydrogens is 367 g/mol. The van der Waals surface area contributed by atoms with Gasteiger partial charge in [-0.2, -0.15) is 0 Å². The second-order valence-electron chi connectivity index (χ2n) is 7.52. The lowest BCUT2D eigenvalue weighted by atomic mass is 10.2. The number of halogens is 1. The van der Waals surface area contributed by atoms with Crippen molar-refractivity contribution in [2.24, 2.45) is 0 Å². The van der Waals surface area contributed by atoms with E-state index >= 15 is 0 Å². The topological polar surface area (TPSA) is 53.0 Å². The van der Waals surface area contributed by atoms with E-state index in [9.17, 15) is 4.39 Å². The van der Waals surface area contributed by atoms with Gasteiger partial charge >= 0.3 is 0 Å². The Hall–Kier alpha value is -3.03. The summed E-state index contributed by atoms with van der Waals surface area (Å²) in [5, 5.41) is 9.46. The summed E-state index contributed by atoms with van der Waals surface area (Å²) >= 11 is 0. The zero-order chi connectivity index (χ0) is 19.6. The fourth-order valence-electron chi connectivity index (χ4n) is 3.92. The minimum absolute atomic E-state index is 0.236. The van der Waals surface area contributed by atoms with Gasteiger partial charge in [0, 0.05) is 44.3 Å². The highest BCUT2D eigenvalue weighted by Crippen LogP contribution is 2.20. The first-order valence-corrected chi connectivity index (χ1v) is 9.92. The second kappa shape index (κ2) is 7.77. The van der Waals surface area contributed by atoms with E-state index < -0.39 is 0 Å². The minimum Gasteiger partial charge on any atom is -0.309 e. The van der Waals surface area contributed by atoms with Gasteiger partial charge in [0.25, 0.3) is 0 Å². The number of aromatic nitrogens is 4. The maximum Gasteiger partial charge on any atom is 0.233 e. The summed E-state index contributed by atoms with van der Waals surface area (Å²) in [6.45, 7) is 5.86. The number of rotatable bonds is 5. The van der Waals surface area contributed by atoms with E-state index in [0.29, 0.717) is 5.95 Å². The van der Waals surface area contributed by atoms with Crippen LogP contribution < -0.4 is 0 Å². The molecule has 148 valence electrons. The van der Waals surface area contributed by atoms with E-state index in [1.165, 1.54) is 17.7 Å². The molecule has 1 aliphatic heterocycles. The molecule has 0 saturated carbocycles. The molecule has 1 fully saturated rings. The number of piperazine rings is 1. The Morgan fingerprint density at radius 1 is 0.862 bits per heavy atom. The van der Waals surface area contributed by atoms with Crippen LogP contribution in [0, 0.1) is 5.82 Å². The third kappa shape index (κ3) is 3.92. The minimum atomic E-state index is -0.236. The first kappa shape index (κ1) is 18.0. The predicted molar refractivity (Wildman–Crippen MR) is 110 cm³/mol. The summed E-state index contributed by atoms with van der Waals surface area (Å²) in [6, 6.07) is 17.2. The van der Waals surface area contributed by atoms with Crippen LogP contribution in [0.2, 0.25) is 0 Å². The largest absolute Gasteiger partial charge is 0.309 e. The maximum absolute atomic E-state index is 13.4.